The molecule has 0 amide bonds. The minimum atomic E-state index is 0.554. The zero-order chi connectivity index (χ0) is 20.9. The minimum absolute atomic E-state index is 0.554. The molecule has 0 radical (unpaired) electrons. The lowest BCUT2D eigenvalue weighted by Crippen LogP contribution is -2.27. The Kier molecular flexibility index (Phi) is 7.01. The van der Waals surface area contributed by atoms with Gasteiger partial charge in [0.15, 0.2) is 0 Å². The molecule has 0 bridgehead atoms. The fraction of sp³-hybridized carbons (Fsp3) is 0.462. The van der Waals surface area contributed by atoms with Gasteiger partial charge >= 0.3 is 0 Å². The Morgan fingerprint density at radius 3 is 2.53 bits per heavy atom. The lowest BCUT2D eigenvalue weighted by atomic mass is 9.91. The van der Waals surface area contributed by atoms with E-state index < -0.39 is 0 Å². The van der Waals surface area contributed by atoms with Crippen LogP contribution in [0.25, 0.3) is 10.9 Å². The highest BCUT2D eigenvalue weighted by Crippen LogP contribution is 2.30. The zero-order valence-corrected chi connectivity index (χ0v) is 18.9. The van der Waals surface area contributed by atoms with Gasteiger partial charge in [-0.25, -0.2) is 0 Å². The average Bonchev–Trinajstić information content (AvgIpc) is 3.12. The summed E-state index contributed by atoms with van der Waals surface area (Å²) in [6.07, 6.45) is 7.68. The Labute approximate surface area is 185 Å². The molecule has 0 unspecified atom stereocenters. The van der Waals surface area contributed by atoms with Crippen molar-refractivity contribution in [1.82, 2.24) is 10.3 Å². The van der Waals surface area contributed by atoms with Crippen molar-refractivity contribution in [3.63, 3.8) is 0 Å². The van der Waals surface area contributed by atoms with E-state index in [1.165, 1.54) is 78.5 Å². The average molecular weight is 425 g/mol. The highest BCUT2D eigenvalue weighted by molar-refractivity contribution is 6.30. The normalized spacial score (nSPS) is 15.0. The van der Waals surface area contributed by atoms with Crippen molar-refractivity contribution in [2.75, 3.05) is 13.1 Å². The lowest BCUT2D eigenvalue weighted by Gasteiger charge is -2.22. The summed E-state index contributed by atoms with van der Waals surface area (Å²) >= 11 is 6.00. The summed E-state index contributed by atoms with van der Waals surface area (Å²) in [6, 6.07) is 12.1. The summed E-state index contributed by atoms with van der Waals surface area (Å²) in [4.78, 5) is 3.69. The van der Waals surface area contributed by atoms with Crippen molar-refractivity contribution in [2.24, 2.45) is 5.92 Å². The molecule has 0 saturated carbocycles. The van der Waals surface area contributed by atoms with Crippen LogP contribution in [-0.4, -0.2) is 18.1 Å². The van der Waals surface area contributed by atoms with Crippen molar-refractivity contribution in [1.29, 1.82) is 0 Å². The van der Waals surface area contributed by atoms with Gasteiger partial charge in [-0.3, -0.25) is 0 Å². The molecule has 160 valence electrons. The fourth-order valence-corrected chi connectivity index (χ4v) is 4.74. The summed E-state index contributed by atoms with van der Waals surface area (Å²) < 4.78 is 6.09. The number of piperidine rings is 1. The third-order valence-electron chi connectivity index (χ3n) is 6.65. The summed E-state index contributed by atoms with van der Waals surface area (Å²) in [5.74, 6) is 1.76. The SMILES string of the molecule is Cc1ccc2c(CCCCC3CCNCC3)c(COc3ccc(Cl)cc3)[nH]c2c1C. The van der Waals surface area contributed by atoms with Crippen molar-refractivity contribution in [2.45, 2.75) is 59.0 Å². The van der Waals surface area contributed by atoms with Gasteiger partial charge in [0.2, 0.25) is 0 Å². The summed E-state index contributed by atoms with van der Waals surface area (Å²) in [5, 5.41) is 5.56. The van der Waals surface area contributed by atoms with Gasteiger partial charge in [0, 0.05) is 15.9 Å². The number of ether oxygens (including phenoxy) is 1. The standard InChI is InChI=1S/C26H33ClN2O/c1-18-7-12-24-23(6-4-3-5-20-13-15-28-16-14-20)25(29-26(24)19(18)2)17-30-22-10-8-21(27)9-11-22/h7-12,20,28-29H,3-6,13-17H2,1-2H3. The maximum absolute atomic E-state index is 6.09. The quantitative estimate of drug-likeness (QED) is 0.393. The first-order chi connectivity index (χ1) is 14.6. The number of hydrogen-bond donors (Lipinski definition) is 2. The molecule has 3 nitrogen and oxygen atoms in total. The molecule has 2 heterocycles. The lowest BCUT2D eigenvalue weighted by molar-refractivity contribution is 0.301. The van der Waals surface area contributed by atoms with Crippen LogP contribution in [0.4, 0.5) is 0 Å². The van der Waals surface area contributed by atoms with Crippen LogP contribution in [0.2, 0.25) is 5.02 Å². The largest absolute Gasteiger partial charge is 0.487 e. The van der Waals surface area contributed by atoms with Crippen LogP contribution >= 0.6 is 11.6 Å². The van der Waals surface area contributed by atoms with Crippen LogP contribution in [0.5, 0.6) is 5.75 Å². The van der Waals surface area contributed by atoms with E-state index in [0.717, 1.165) is 23.1 Å². The molecule has 2 N–H and O–H groups in total. The van der Waals surface area contributed by atoms with Crippen molar-refractivity contribution < 1.29 is 4.74 Å². The molecule has 4 rings (SSSR count). The minimum Gasteiger partial charge on any atom is -0.487 e. The first-order valence-corrected chi connectivity index (χ1v) is 11.7. The van der Waals surface area contributed by atoms with E-state index >= 15 is 0 Å². The Morgan fingerprint density at radius 2 is 1.77 bits per heavy atom. The number of halogens is 1. The number of benzene rings is 2. The number of rotatable bonds is 8. The highest BCUT2D eigenvalue weighted by Gasteiger charge is 2.16. The number of unbranched alkanes of at least 4 members (excludes halogenated alkanes) is 1. The van der Waals surface area contributed by atoms with E-state index in [-0.39, 0.29) is 0 Å². The number of fused-ring (bicyclic) bond motifs is 1. The molecule has 1 saturated heterocycles. The molecule has 0 aliphatic carbocycles. The second kappa shape index (κ2) is 9.89. The van der Waals surface area contributed by atoms with Gasteiger partial charge in [0.25, 0.3) is 0 Å². The number of H-pyrrole nitrogens is 1. The summed E-state index contributed by atoms with van der Waals surface area (Å²) in [6.45, 7) is 7.32. The first-order valence-electron chi connectivity index (χ1n) is 11.3. The Balaban J connectivity index is 1.47. The molecule has 1 fully saturated rings. The number of aryl methyl sites for hydroxylation is 3. The smallest absolute Gasteiger partial charge is 0.128 e. The molecule has 2 aromatic carbocycles. The number of aromatic amines is 1. The number of aromatic nitrogens is 1. The van der Waals surface area contributed by atoms with E-state index in [4.69, 9.17) is 16.3 Å². The Bertz CT molecular complexity index is 971. The number of nitrogens with one attached hydrogen (secondary N) is 2. The molecule has 1 aromatic heterocycles. The van der Waals surface area contributed by atoms with E-state index in [9.17, 15) is 0 Å². The maximum atomic E-state index is 6.09. The molecule has 1 aliphatic heterocycles. The summed E-state index contributed by atoms with van der Waals surface area (Å²) in [7, 11) is 0. The van der Waals surface area contributed by atoms with Crippen LogP contribution < -0.4 is 10.1 Å². The van der Waals surface area contributed by atoms with Crippen LogP contribution in [0, 0.1) is 19.8 Å². The molecule has 4 heteroatoms. The van der Waals surface area contributed by atoms with Crippen LogP contribution in [-0.2, 0) is 13.0 Å². The second-order valence-electron chi connectivity index (χ2n) is 8.69. The van der Waals surface area contributed by atoms with E-state index in [1.807, 2.05) is 24.3 Å². The topological polar surface area (TPSA) is 37.0 Å². The van der Waals surface area contributed by atoms with Crippen molar-refractivity contribution >= 4 is 22.5 Å². The van der Waals surface area contributed by atoms with Gasteiger partial charge in [-0.15, -0.1) is 0 Å². The molecule has 0 atom stereocenters. The second-order valence-corrected chi connectivity index (χ2v) is 9.13. The van der Waals surface area contributed by atoms with Gasteiger partial charge in [-0.05, 0) is 99.5 Å². The van der Waals surface area contributed by atoms with E-state index in [1.54, 1.807) is 0 Å². The molecule has 1 aliphatic rings. The first kappa shape index (κ1) is 21.3. The predicted molar refractivity (Wildman–Crippen MR) is 127 cm³/mol. The molecular weight excluding hydrogens is 392 g/mol. The van der Waals surface area contributed by atoms with E-state index in [2.05, 4.69) is 36.3 Å². The summed E-state index contributed by atoms with van der Waals surface area (Å²) in [5.41, 5.74) is 6.55. The third-order valence-corrected chi connectivity index (χ3v) is 6.90. The third kappa shape index (κ3) is 5.01. The molecular formula is C26H33ClN2O. The monoisotopic (exact) mass is 424 g/mol. The fourth-order valence-electron chi connectivity index (χ4n) is 4.62. The van der Waals surface area contributed by atoms with Crippen molar-refractivity contribution in [3.8, 4) is 5.75 Å². The Hall–Kier alpha value is -1.97. The zero-order valence-electron chi connectivity index (χ0n) is 18.2. The van der Waals surface area contributed by atoms with Crippen molar-refractivity contribution in [3.05, 3.63) is 63.8 Å². The van der Waals surface area contributed by atoms with Gasteiger partial charge in [-0.2, -0.15) is 0 Å². The van der Waals surface area contributed by atoms with Gasteiger partial charge < -0.3 is 15.0 Å². The molecule has 30 heavy (non-hydrogen) atoms. The maximum Gasteiger partial charge on any atom is 0.128 e. The van der Waals surface area contributed by atoms with Crippen LogP contribution in [0.3, 0.4) is 0 Å². The highest BCUT2D eigenvalue weighted by atomic mass is 35.5. The van der Waals surface area contributed by atoms with Gasteiger partial charge in [0.05, 0.1) is 5.69 Å². The van der Waals surface area contributed by atoms with Gasteiger partial charge in [0.1, 0.15) is 12.4 Å². The van der Waals surface area contributed by atoms with E-state index in [0.29, 0.717) is 6.61 Å². The van der Waals surface area contributed by atoms with Gasteiger partial charge in [-0.1, -0.05) is 36.6 Å². The van der Waals surface area contributed by atoms with Crippen LogP contribution in [0.1, 0.15) is 54.5 Å². The Morgan fingerprint density at radius 1 is 1.00 bits per heavy atom. The molecule has 3 aromatic rings. The molecule has 0 spiro atoms. The number of hydrogen-bond acceptors (Lipinski definition) is 2. The van der Waals surface area contributed by atoms with Crippen LogP contribution in [0.15, 0.2) is 36.4 Å². The predicted octanol–water partition coefficient (Wildman–Crippen LogP) is 6.73.